The average molecular weight is 236 g/mol. The summed E-state index contributed by atoms with van der Waals surface area (Å²) in [5.74, 6) is -0.391. The van der Waals surface area contributed by atoms with Crippen molar-refractivity contribution in [3.8, 4) is 5.75 Å². The van der Waals surface area contributed by atoms with Crippen LogP contribution in [-0.2, 0) is 4.79 Å². The molecule has 0 aliphatic rings. The van der Waals surface area contributed by atoms with E-state index in [-0.39, 0.29) is 18.6 Å². The molecule has 0 saturated heterocycles. The molecule has 0 spiro atoms. The number of hydrogen-bond acceptors (Lipinski definition) is 3. The number of carboxylic acids is 1. The Morgan fingerprint density at radius 1 is 1.18 bits per heavy atom. The minimum atomic E-state index is -0.957. The fourth-order valence-electron chi connectivity index (χ4n) is 1.32. The van der Waals surface area contributed by atoms with Gasteiger partial charge in [-0.2, -0.15) is 0 Å². The van der Waals surface area contributed by atoms with Crippen LogP contribution in [0.1, 0.15) is 36.5 Å². The molecule has 0 saturated carbocycles. The molecule has 0 aliphatic carbocycles. The average Bonchev–Trinajstić information content (AvgIpc) is 2.34. The second-order valence-electron chi connectivity index (χ2n) is 3.69. The van der Waals surface area contributed by atoms with Gasteiger partial charge in [-0.25, -0.2) is 0 Å². The molecule has 0 bridgehead atoms. The molecule has 1 rings (SSSR count). The topological polar surface area (TPSA) is 63.6 Å². The van der Waals surface area contributed by atoms with Crippen LogP contribution in [0.2, 0.25) is 0 Å². The van der Waals surface area contributed by atoms with E-state index in [4.69, 9.17) is 9.84 Å². The molecule has 0 aromatic heterocycles. The zero-order chi connectivity index (χ0) is 12.7. The van der Waals surface area contributed by atoms with Crippen molar-refractivity contribution in [3.05, 3.63) is 29.8 Å². The lowest BCUT2D eigenvalue weighted by Crippen LogP contribution is -2.03. The molecule has 0 heterocycles. The molecule has 92 valence electrons. The van der Waals surface area contributed by atoms with Crippen molar-refractivity contribution in [1.82, 2.24) is 0 Å². The van der Waals surface area contributed by atoms with Gasteiger partial charge in [-0.3, -0.25) is 9.59 Å². The van der Waals surface area contributed by atoms with Crippen molar-refractivity contribution in [2.75, 3.05) is 6.61 Å². The monoisotopic (exact) mass is 236 g/mol. The molecular formula is C13H16O4. The largest absolute Gasteiger partial charge is 0.494 e. The number of rotatable bonds is 7. The number of carbonyl (C=O) groups is 2. The predicted molar refractivity (Wildman–Crippen MR) is 63.4 cm³/mol. The number of ketones is 1. The van der Waals surface area contributed by atoms with Gasteiger partial charge in [-0.05, 0) is 30.7 Å². The normalized spacial score (nSPS) is 9.94. The standard InChI is InChI=1S/C13H16O4/c1-2-9-17-11-5-3-10(4-6-11)12(14)7-8-13(15)16/h3-6H,2,7-9H2,1H3,(H,15,16). The lowest BCUT2D eigenvalue weighted by atomic mass is 10.1. The van der Waals surface area contributed by atoms with E-state index < -0.39 is 5.97 Å². The Morgan fingerprint density at radius 2 is 1.82 bits per heavy atom. The molecule has 0 radical (unpaired) electrons. The maximum absolute atomic E-state index is 11.6. The van der Waals surface area contributed by atoms with Gasteiger partial charge in [-0.15, -0.1) is 0 Å². The fraction of sp³-hybridized carbons (Fsp3) is 0.385. The highest BCUT2D eigenvalue weighted by Gasteiger charge is 2.08. The van der Waals surface area contributed by atoms with Gasteiger partial charge in [0.15, 0.2) is 5.78 Å². The van der Waals surface area contributed by atoms with Gasteiger partial charge in [0.1, 0.15) is 5.75 Å². The number of benzene rings is 1. The molecule has 17 heavy (non-hydrogen) atoms. The van der Waals surface area contributed by atoms with Gasteiger partial charge in [0.2, 0.25) is 0 Å². The Labute approximate surface area is 100 Å². The third kappa shape index (κ3) is 4.68. The molecule has 1 N–H and O–H groups in total. The van der Waals surface area contributed by atoms with E-state index >= 15 is 0 Å². The van der Waals surface area contributed by atoms with Gasteiger partial charge in [0.05, 0.1) is 13.0 Å². The third-order valence-corrected chi connectivity index (χ3v) is 2.22. The first-order valence-electron chi connectivity index (χ1n) is 5.61. The summed E-state index contributed by atoms with van der Waals surface area (Å²) < 4.78 is 5.38. The molecule has 1 aromatic rings. The van der Waals surface area contributed by atoms with Crippen LogP contribution in [0, 0.1) is 0 Å². The summed E-state index contributed by atoms with van der Waals surface area (Å²) >= 11 is 0. The Kier molecular flexibility index (Phi) is 5.20. The van der Waals surface area contributed by atoms with Crippen molar-refractivity contribution in [2.45, 2.75) is 26.2 Å². The van der Waals surface area contributed by atoms with Crippen molar-refractivity contribution < 1.29 is 19.4 Å². The summed E-state index contributed by atoms with van der Waals surface area (Å²) in [6.07, 6.45) is 0.830. The second kappa shape index (κ2) is 6.68. The van der Waals surface area contributed by atoms with Crippen LogP contribution in [0.15, 0.2) is 24.3 Å². The number of hydrogen-bond donors (Lipinski definition) is 1. The highest BCUT2D eigenvalue weighted by atomic mass is 16.5. The second-order valence-corrected chi connectivity index (χ2v) is 3.69. The van der Waals surface area contributed by atoms with E-state index in [0.29, 0.717) is 12.2 Å². The summed E-state index contributed by atoms with van der Waals surface area (Å²) in [6, 6.07) is 6.78. The minimum Gasteiger partial charge on any atom is -0.494 e. The first kappa shape index (κ1) is 13.2. The summed E-state index contributed by atoms with van der Waals surface area (Å²) in [5.41, 5.74) is 0.523. The molecule has 4 nitrogen and oxygen atoms in total. The number of ether oxygens (including phenoxy) is 1. The zero-order valence-electron chi connectivity index (χ0n) is 9.81. The zero-order valence-corrected chi connectivity index (χ0v) is 9.81. The Hall–Kier alpha value is -1.84. The van der Waals surface area contributed by atoms with E-state index in [1.807, 2.05) is 6.92 Å². The van der Waals surface area contributed by atoms with Crippen molar-refractivity contribution in [2.24, 2.45) is 0 Å². The molecule has 4 heteroatoms. The van der Waals surface area contributed by atoms with Crippen molar-refractivity contribution in [3.63, 3.8) is 0 Å². The summed E-state index contributed by atoms with van der Waals surface area (Å²) in [7, 11) is 0. The first-order valence-corrected chi connectivity index (χ1v) is 5.61. The van der Waals surface area contributed by atoms with Gasteiger partial charge < -0.3 is 9.84 Å². The smallest absolute Gasteiger partial charge is 0.303 e. The molecule has 0 unspecified atom stereocenters. The maximum atomic E-state index is 11.6. The molecule has 0 amide bonds. The van der Waals surface area contributed by atoms with E-state index in [2.05, 4.69) is 0 Å². The highest BCUT2D eigenvalue weighted by molar-refractivity contribution is 5.97. The quantitative estimate of drug-likeness (QED) is 0.739. The highest BCUT2D eigenvalue weighted by Crippen LogP contribution is 2.14. The SMILES string of the molecule is CCCOc1ccc(C(=O)CCC(=O)O)cc1. The van der Waals surface area contributed by atoms with Crippen LogP contribution in [0.25, 0.3) is 0 Å². The summed E-state index contributed by atoms with van der Waals surface area (Å²) in [5, 5.41) is 8.48. The van der Waals surface area contributed by atoms with Gasteiger partial charge in [0, 0.05) is 12.0 Å². The maximum Gasteiger partial charge on any atom is 0.303 e. The summed E-state index contributed by atoms with van der Waals surface area (Å²) in [4.78, 5) is 21.9. The van der Waals surface area contributed by atoms with Gasteiger partial charge >= 0.3 is 5.97 Å². The number of carboxylic acid groups (broad SMARTS) is 1. The number of Topliss-reactive ketones (excluding diaryl/α,β-unsaturated/α-hetero) is 1. The molecule has 0 atom stereocenters. The molecule has 0 fully saturated rings. The van der Waals surface area contributed by atoms with Crippen LogP contribution in [0.3, 0.4) is 0 Å². The van der Waals surface area contributed by atoms with Gasteiger partial charge in [-0.1, -0.05) is 6.92 Å². The molecular weight excluding hydrogens is 220 g/mol. The Bertz CT molecular complexity index is 381. The van der Waals surface area contributed by atoms with E-state index in [0.717, 1.165) is 12.2 Å². The lowest BCUT2D eigenvalue weighted by Gasteiger charge is -2.05. The summed E-state index contributed by atoms with van der Waals surface area (Å²) in [6.45, 7) is 2.66. The van der Waals surface area contributed by atoms with Crippen LogP contribution in [0.4, 0.5) is 0 Å². The minimum absolute atomic E-state index is 0.0322. The molecule has 0 aliphatic heterocycles. The van der Waals surface area contributed by atoms with Crippen LogP contribution >= 0.6 is 0 Å². The Morgan fingerprint density at radius 3 is 2.35 bits per heavy atom. The van der Waals surface area contributed by atoms with E-state index in [1.54, 1.807) is 24.3 Å². The number of aliphatic carboxylic acids is 1. The molecule has 1 aromatic carbocycles. The van der Waals surface area contributed by atoms with E-state index in [9.17, 15) is 9.59 Å². The van der Waals surface area contributed by atoms with Crippen molar-refractivity contribution in [1.29, 1.82) is 0 Å². The first-order chi connectivity index (χ1) is 8.13. The van der Waals surface area contributed by atoms with Crippen molar-refractivity contribution >= 4 is 11.8 Å². The predicted octanol–water partition coefficient (Wildman–Crippen LogP) is 2.52. The Balaban J connectivity index is 2.54. The lowest BCUT2D eigenvalue weighted by molar-refractivity contribution is -0.136. The van der Waals surface area contributed by atoms with Crippen LogP contribution in [-0.4, -0.2) is 23.5 Å². The van der Waals surface area contributed by atoms with E-state index in [1.165, 1.54) is 0 Å². The fourth-order valence-corrected chi connectivity index (χ4v) is 1.32. The van der Waals surface area contributed by atoms with Gasteiger partial charge in [0.25, 0.3) is 0 Å². The van der Waals surface area contributed by atoms with Crippen LogP contribution in [0.5, 0.6) is 5.75 Å². The van der Waals surface area contributed by atoms with Crippen LogP contribution < -0.4 is 4.74 Å². The number of carbonyl (C=O) groups excluding carboxylic acids is 1. The third-order valence-electron chi connectivity index (χ3n) is 2.22.